The first-order chi connectivity index (χ1) is 10.5. The van der Waals surface area contributed by atoms with Gasteiger partial charge in [0.15, 0.2) is 0 Å². The minimum absolute atomic E-state index is 0.141. The number of carbonyl (C=O) groups is 1. The molecule has 1 heterocycles. The molecule has 1 aromatic rings. The largest absolute Gasteiger partial charge is 0.348 e. The molecule has 1 atom stereocenters. The fourth-order valence-electron chi connectivity index (χ4n) is 2.80. The predicted octanol–water partition coefficient (Wildman–Crippen LogP) is 1.83. The van der Waals surface area contributed by atoms with Crippen molar-refractivity contribution < 1.29 is 13.6 Å². The van der Waals surface area contributed by atoms with Gasteiger partial charge in [-0.15, -0.1) is 0 Å². The molecule has 0 aromatic heterocycles. The Hall–Kier alpha value is -1.53. The SMILES string of the molecule is C[C@H](NC(=O)CN(C)C1CCNCC1)c1cc(F)cc(F)c1. The van der Waals surface area contributed by atoms with E-state index in [0.717, 1.165) is 32.0 Å². The Labute approximate surface area is 129 Å². The molecule has 1 saturated heterocycles. The van der Waals surface area contributed by atoms with Crippen LogP contribution in [0.5, 0.6) is 0 Å². The molecule has 4 nitrogen and oxygen atoms in total. The second-order valence-electron chi connectivity index (χ2n) is 5.89. The molecule has 0 spiro atoms. The summed E-state index contributed by atoms with van der Waals surface area (Å²) in [7, 11) is 1.93. The smallest absolute Gasteiger partial charge is 0.234 e. The van der Waals surface area contributed by atoms with Crippen LogP contribution in [0.1, 0.15) is 31.4 Å². The molecule has 1 aromatic carbocycles. The molecule has 0 unspecified atom stereocenters. The molecule has 0 saturated carbocycles. The molecule has 1 amide bonds. The number of hydrogen-bond donors (Lipinski definition) is 2. The van der Waals surface area contributed by atoms with Crippen LogP contribution in [-0.4, -0.2) is 43.5 Å². The zero-order valence-electron chi connectivity index (χ0n) is 13.0. The van der Waals surface area contributed by atoms with Gasteiger partial charge in [0.2, 0.25) is 5.91 Å². The quantitative estimate of drug-likeness (QED) is 0.872. The topological polar surface area (TPSA) is 44.4 Å². The van der Waals surface area contributed by atoms with Crippen molar-refractivity contribution in [2.24, 2.45) is 0 Å². The van der Waals surface area contributed by atoms with E-state index >= 15 is 0 Å². The number of carbonyl (C=O) groups excluding carboxylic acids is 1. The lowest BCUT2D eigenvalue weighted by molar-refractivity contribution is -0.123. The summed E-state index contributed by atoms with van der Waals surface area (Å²) in [6.45, 7) is 3.94. The van der Waals surface area contributed by atoms with E-state index in [1.807, 2.05) is 11.9 Å². The van der Waals surface area contributed by atoms with E-state index in [1.165, 1.54) is 12.1 Å². The van der Waals surface area contributed by atoms with Crippen molar-refractivity contribution in [3.63, 3.8) is 0 Å². The lowest BCUT2D eigenvalue weighted by Gasteiger charge is -2.31. The molecule has 6 heteroatoms. The maximum atomic E-state index is 13.2. The molecule has 2 rings (SSSR count). The van der Waals surface area contributed by atoms with Gasteiger partial charge in [-0.2, -0.15) is 0 Å². The molecule has 2 N–H and O–H groups in total. The average Bonchev–Trinajstić information content (AvgIpc) is 2.47. The Morgan fingerprint density at radius 2 is 1.91 bits per heavy atom. The molecule has 0 aliphatic carbocycles. The molecule has 1 fully saturated rings. The van der Waals surface area contributed by atoms with Gasteiger partial charge in [-0.05, 0) is 57.6 Å². The number of nitrogens with zero attached hydrogens (tertiary/aromatic N) is 1. The van der Waals surface area contributed by atoms with Crippen LogP contribution < -0.4 is 10.6 Å². The molecule has 22 heavy (non-hydrogen) atoms. The van der Waals surface area contributed by atoms with E-state index in [1.54, 1.807) is 6.92 Å². The third-order valence-electron chi connectivity index (χ3n) is 4.09. The molecule has 0 bridgehead atoms. The number of halogens is 2. The highest BCUT2D eigenvalue weighted by molar-refractivity contribution is 5.78. The van der Waals surface area contributed by atoms with Crippen molar-refractivity contribution in [2.45, 2.75) is 31.8 Å². The predicted molar refractivity (Wildman–Crippen MR) is 81.4 cm³/mol. The highest BCUT2D eigenvalue weighted by atomic mass is 19.1. The van der Waals surface area contributed by atoms with E-state index in [0.29, 0.717) is 11.6 Å². The second-order valence-corrected chi connectivity index (χ2v) is 5.89. The monoisotopic (exact) mass is 311 g/mol. The van der Waals surface area contributed by atoms with Crippen LogP contribution in [0.2, 0.25) is 0 Å². The van der Waals surface area contributed by atoms with Gasteiger partial charge in [0.05, 0.1) is 12.6 Å². The summed E-state index contributed by atoms with van der Waals surface area (Å²) < 4.78 is 26.4. The van der Waals surface area contributed by atoms with Crippen molar-refractivity contribution in [3.8, 4) is 0 Å². The number of amides is 1. The molecule has 122 valence electrons. The number of nitrogens with one attached hydrogen (secondary N) is 2. The summed E-state index contributed by atoms with van der Waals surface area (Å²) in [5, 5.41) is 6.08. The minimum atomic E-state index is -0.636. The van der Waals surface area contributed by atoms with Crippen LogP contribution in [-0.2, 0) is 4.79 Å². The number of rotatable bonds is 5. The number of hydrogen-bond acceptors (Lipinski definition) is 3. The van der Waals surface area contributed by atoms with Crippen LogP contribution in [0.4, 0.5) is 8.78 Å². The maximum Gasteiger partial charge on any atom is 0.234 e. The van der Waals surface area contributed by atoms with E-state index in [9.17, 15) is 13.6 Å². The number of benzene rings is 1. The Kier molecular flexibility index (Phi) is 5.85. The average molecular weight is 311 g/mol. The van der Waals surface area contributed by atoms with Crippen molar-refractivity contribution in [1.82, 2.24) is 15.5 Å². The third-order valence-corrected chi connectivity index (χ3v) is 4.09. The Morgan fingerprint density at radius 3 is 2.50 bits per heavy atom. The lowest BCUT2D eigenvalue weighted by atomic mass is 10.1. The first-order valence-corrected chi connectivity index (χ1v) is 7.62. The molecular formula is C16H23F2N3O. The van der Waals surface area contributed by atoms with Crippen LogP contribution in [0.25, 0.3) is 0 Å². The molecule has 1 aliphatic rings. The molecular weight excluding hydrogens is 288 g/mol. The Morgan fingerprint density at radius 1 is 1.32 bits per heavy atom. The highest BCUT2D eigenvalue weighted by Crippen LogP contribution is 2.16. The summed E-state index contributed by atoms with van der Waals surface area (Å²) in [6.07, 6.45) is 2.04. The number of piperidine rings is 1. The van der Waals surface area contributed by atoms with Gasteiger partial charge >= 0.3 is 0 Å². The fourth-order valence-corrected chi connectivity index (χ4v) is 2.80. The van der Waals surface area contributed by atoms with Gasteiger partial charge in [-0.25, -0.2) is 8.78 Å². The fraction of sp³-hybridized carbons (Fsp3) is 0.562. The summed E-state index contributed by atoms with van der Waals surface area (Å²) in [4.78, 5) is 14.1. The Bertz CT molecular complexity index is 498. The van der Waals surface area contributed by atoms with Crippen molar-refractivity contribution in [3.05, 3.63) is 35.4 Å². The van der Waals surface area contributed by atoms with Crippen LogP contribution >= 0.6 is 0 Å². The van der Waals surface area contributed by atoms with Gasteiger partial charge < -0.3 is 10.6 Å². The van der Waals surface area contributed by atoms with Crippen molar-refractivity contribution >= 4 is 5.91 Å². The standard InChI is InChI=1S/C16H23F2N3O/c1-11(12-7-13(17)9-14(18)8-12)20-16(22)10-21(2)15-3-5-19-6-4-15/h7-9,11,15,19H,3-6,10H2,1-2H3,(H,20,22)/t11-/m0/s1. The minimum Gasteiger partial charge on any atom is -0.348 e. The van der Waals surface area contributed by atoms with Gasteiger partial charge in [0.25, 0.3) is 0 Å². The molecule has 0 radical (unpaired) electrons. The molecule has 1 aliphatic heterocycles. The number of likely N-dealkylation sites (N-methyl/N-ethyl adjacent to an activating group) is 1. The second kappa shape index (κ2) is 7.65. The summed E-state index contributed by atoms with van der Waals surface area (Å²) in [6, 6.07) is 3.27. The first kappa shape index (κ1) is 16.8. The van der Waals surface area contributed by atoms with Crippen molar-refractivity contribution in [2.75, 3.05) is 26.7 Å². The van der Waals surface area contributed by atoms with E-state index in [2.05, 4.69) is 10.6 Å². The van der Waals surface area contributed by atoms with Crippen LogP contribution in [0, 0.1) is 11.6 Å². The van der Waals surface area contributed by atoms with Gasteiger partial charge in [0.1, 0.15) is 11.6 Å². The summed E-state index contributed by atoms with van der Waals surface area (Å²) >= 11 is 0. The van der Waals surface area contributed by atoms with Gasteiger partial charge in [-0.3, -0.25) is 9.69 Å². The first-order valence-electron chi connectivity index (χ1n) is 7.62. The van der Waals surface area contributed by atoms with E-state index in [-0.39, 0.29) is 12.5 Å². The van der Waals surface area contributed by atoms with Crippen LogP contribution in [0.15, 0.2) is 18.2 Å². The van der Waals surface area contributed by atoms with Gasteiger partial charge in [0, 0.05) is 12.1 Å². The van der Waals surface area contributed by atoms with E-state index < -0.39 is 17.7 Å². The highest BCUT2D eigenvalue weighted by Gasteiger charge is 2.20. The van der Waals surface area contributed by atoms with Crippen molar-refractivity contribution in [1.29, 1.82) is 0 Å². The Balaban J connectivity index is 1.87. The zero-order chi connectivity index (χ0) is 16.1. The normalized spacial score (nSPS) is 17.5. The lowest BCUT2D eigenvalue weighted by Crippen LogP contribution is -2.45. The summed E-state index contributed by atoms with van der Waals surface area (Å²) in [5.74, 6) is -1.41. The zero-order valence-corrected chi connectivity index (χ0v) is 13.0. The maximum absolute atomic E-state index is 13.2. The van der Waals surface area contributed by atoms with Crippen LogP contribution in [0.3, 0.4) is 0 Å². The summed E-state index contributed by atoms with van der Waals surface area (Å²) in [5.41, 5.74) is 0.426. The van der Waals surface area contributed by atoms with E-state index in [4.69, 9.17) is 0 Å². The van der Waals surface area contributed by atoms with Gasteiger partial charge in [-0.1, -0.05) is 0 Å². The third kappa shape index (κ3) is 4.74.